The van der Waals surface area contributed by atoms with Gasteiger partial charge in [-0.3, -0.25) is 11.3 Å². The van der Waals surface area contributed by atoms with Gasteiger partial charge in [0.25, 0.3) is 0 Å². The number of hydrazine groups is 1. The van der Waals surface area contributed by atoms with E-state index in [1.54, 1.807) is 7.11 Å². The van der Waals surface area contributed by atoms with Crippen molar-refractivity contribution in [3.63, 3.8) is 0 Å². The SMILES string of the molecule is CCOc1ccc(C(NN)C2(OC)CCC(C)CC2)cc1. The van der Waals surface area contributed by atoms with Crippen molar-refractivity contribution < 1.29 is 9.47 Å². The highest BCUT2D eigenvalue weighted by molar-refractivity contribution is 5.31. The molecule has 1 aromatic carbocycles. The maximum atomic E-state index is 5.94. The van der Waals surface area contributed by atoms with Crippen molar-refractivity contribution in [1.82, 2.24) is 5.43 Å². The quantitative estimate of drug-likeness (QED) is 0.624. The van der Waals surface area contributed by atoms with E-state index in [1.165, 1.54) is 12.8 Å². The summed E-state index contributed by atoms with van der Waals surface area (Å²) in [5.74, 6) is 7.53. The molecule has 0 amide bonds. The Morgan fingerprint density at radius 3 is 2.38 bits per heavy atom. The number of nitrogens with one attached hydrogen (secondary N) is 1. The number of ether oxygens (including phenoxy) is 2. The Bertz CT molecular complexity index is 425. The Hall–Kier alpha value is -1.10. The Morgan fingerprint density at radius 2 is 1.90 bits per heavy atom. The largest absolute Gasteiger partial charge is 0.494 e. The Labute approximate surface area is 128 Å². The van der Waals surface area contributed by atoms with Crippen LogP contribution in [-0.2, 0) is 4.74 Å². The van der Waals surface area contributed by atoms with Crippen molar-refractivity contribution in [3.8, 4) is 5.75 Å². The van der Waals surface area contributed by atoms with E-state index in [-0.39, 0.29) is 11.6 Å². The van der Waals surface area contributed by atoms with E-state index in [9.17, 15) is 0 Å². The summed E-state index contributed by atoms with van der Waals surface area (Å²) in [6.07, 6.45) is 4.44. The molecule has 4 nitrogen and oxygen atoms in total. The molecule has 1 aromatic rings. The molecule has 1 unspecified atom stereocenters. The van der Waals surface area contributed by atoms with Crippen LogP contribution in [0.2, 0.25) is 0 Å². The first-order chi connectivity index (χ1) is 10.1. The molecule has 0 spiro atoms. The van der Waals surface area contributed by atoms with E-state index in [2.05, 4.69) is 24.5 Å². The fourth-order valence-corrected chi connectivity index (χ4v) is 3.34. The average molecular weight is 292 g/mol. The lowest BCUT2D eigenvalue weighted by molar-refractivity contribution is -0.0761. The topological polar surface area (TPSA) is 56.5 Å². The lowest BCUT2D eigenvalue weighted by Crippen LogP contribution is -2.49. The van der Waals surface area contributed by atoms with E-state index in [4.69, 9.17) is 15.3 Å². The van der Waals surface area contributed by atoms with Crippen molar-refractivity contribution in [1.29, 1.82) is 0 Å². The molecule has 4 heteroatoms. The fourth-order valence-electron chi connectivity index (χ4n) is 3.34. The lowest BCUT2D eigenvalue weighted by atomic mass is 9.73. The van der Waals surface area contributed by atoms with Crippen molar-refractivity contribution in [2.24, 2.45) is 11.8 Å². The summed E-state index contributed by atoms with van der Waals surface area (Å²) in [6.45, 7) is 4.97. The minimum Gasteiger partial charge on any atom is -0.494 e. The molecule has 0 aromatic heterocycles. The number of hydrogen-bond acceptors (Lipinski definition) is 4. The molecule has 0 bridgehead atoms. The van der Waals surface area contributed by atoms with Gasteiger partial charge in [0.05, 0.1) is 18.2 Å². The number of hydrogen-bond donors (Lipinski definition) is 2. The van der Waals surface area contributed by atoms with E-state index in [0.29, 0.717) is 6.61 Å². The van der Waals surface area contributed by atoms with Gasteiger partial charge in [0, 0.05) is 7.11 Å². The van der Waals surface area contributed by atoms with Crippen LogP contribution in [0.1, 0.15) is 51.1 Å². The van der Waals surface area contributed by atoms with Crippen molar-refractivity contribution in [2.45, 2.75) is 51.2 Å². The van der Waals surface area contributed by atoms with Crippen LogP contribution >= 0.6 is 0 Å². The second-order valence-electron chi connectivity index (χ2n) is 6.05. The van der Waals surface area contributed by atoms with Gasteiger partial charge < -0.3 is 9.47 Å². The summed E-state index contributed by atoms with van der Waals surface area (Å²) < 4.78 is 11.4. The van der Waals surface area contributed by atoms with Crippen LogP contribution < -0.4 is 16.0 Å². The van der Waals surface area contributed by atoms with Crippen LogP contribution in [-0.4, -0.2) is 19.3 Å². The maximum Gasteiger partial charge on any atom is 0.119 e. The third-order valence-corrected chi connectivity index (χ3v) is 4.74. The van der Waals surface area contributed by atoms with Gasteiger partial charge in [0.1, 0.15) is 5.75 Å². The minimum absolute atomic E-state index is 0.00526. The molecule has 21 heavy (non-hydrogen) atoms. The van der Waals surface area contributed by atoms with Crippen LogP contribution in [0.4, 0.5) is 0 Å². The first-order valence-electron chi connectivity index (χ1n) is 7.89. The molecular formula is C17H28N2O2. The van der Waals surface area contributed by atoms with Crippen LogP contribution in [0.15, 0.2) is 24.3 Å². The molecule has 1 aliphatic carbocycles. The molecule has 2 rings (SSSR count). The molecule has 1 saturated carbocycles. The highest BCUT2D eigenvalue weighted by atomic mass is 16.5. The van der Waals surface area contributed by atoms with Gasteiger partial charge in [-0.15, -0.1) is 0 Å². The number of benzene rings is 1. The number of methoxy groups -OCH3 is 1. The van der Waals surface area contributed by atoms with Crippen LogP contribution in [0.5, 0.6) is 5.75 Å². The first-order valence-corrected chi connectivity index (χ1v) is 7.89. The van der Waals surface area contributed by atoms with Crippen LogP contribution in [0.25, 0.3) is 0 Å². The zero-order valence-corrected chi connectivity index (χ0v) is 13.4. The standard InChI is InChI=1S/C17H28N2O2/c1-4-21-15-7-5-14(6-8-15)16(19-18)17(20-3)11-9-13(2)10-12-17/h5-8,13,16,19H,4,9-12,18H2,1-3H3. The molecule has 1 aliphatic rings. The van der Waals surface area contributed by atoms with Crippen LogP contribution in [0, 0.1) is 5.92 Å². The van der Waals surface area contributed by atoms with Gasteiger partial charge in [-0.1, -0.05) is 19.1 Å². The molecule has 0 heterocycles. The molecule has 1 atom stereocenters. The highest BCUT2D eigenvalue weighted by Crippen LogP contribution is 2.42. The maximum absolute atomic E-state index is 5.94. The van der Waals surface area contributed by atoms with Crippen molar-refractivity contribution in [3.05, 3.63) is 29.8 Å². The fraction of sp³-hybridized carbons (Fsp3) is 0.647. The molecule has 1 fully saturated rings. The van der Waals surface area contributed by atoms with E-state index in [0.717, 1.165) is 30.1 Å². The Kier molecular flexibility index (Phi) is 5.62. The number of rotatable bonds is 6. The van der Waals surface area contributed by atoms with E-state index < -0.39 is 0 Å². The Morgan fingerprint density at radius 1 is 1.29 bits per heavy atom. The van der Waals surface area contributed by atoms with Gasteiger partial charge in [0.2, 0.25) is 0 Å². The summed E-state index contributed by atoms with van der Waals surface area (Å²) in [6, 6.07) is 8.16. The predicted molar refractivity (Wildman–Crippen MR) is 85.0 cm³/mol. The third-order valence-electron chi connectivity index (χ3n) is 4.74. The zero-order chi connectivity index (χ0) is 15.3. The van der Waals surface area contributed by atoms with Gasteiger partial charge in [-0.25, -0.2) is 0 Å². The van der Waals surface area contributed by atoms with Crippen LogP contribution in [0.3, 0.4) is 0 Å². The number of nitrogens with two attached hydrogens (primary N) is 1. The van der Waals surface area contributed by atoms with E-state index >= 15 is 0 Å². The molecule has 0 radical (unpaired) electrons. The van der Waals surface area contributed by atoms with Crippen molar-refractivity contribution in [2.75, 3.05) is 13.7 Å². The average Bonchev–Trinajstić information content (AvgIpc) is 2.52. The molecule has 118 valence electrons. The molecule has 3 N–H and O–H groups in total. The zero-order valence-electron chi connectivity index (χ0n) is 13.4. The van der Waals surface area contributed by atoms with Gasteiger partial charge in [0.15, 0.2) is 0 Å². The monoisotopic (exact) mass is 292 g/mol. The smallest absolute Gasteiger partial charge is 0.119 e. The summed E-state index contributed by atoms with van der Waals surface area (Å²) in [5, 5.41) is 0. The van der Waals surface area contributed by atoms with E-state index in [1.807, 2.05) is 19.1 Å². The highest BCUT2D eigenvalue weighted by Gasteiger charge is 2.41. The third kappa shape index (κ3) is 3.57. The molecule has 0 aliphatic heterocycles. The minimum atomic E-state index is -0.214. The summed E-state index contributed by atoms with van der Waals surface area (Å²) >= 11 is 0. The van der Waals surface area contributed by atoms with Crippen molar-refractivity contribution >= 4 is 0 Å². The van der Waals surface area contributed by atoms with Gasteiger partial charge in [-0.2, -0.15) is 0 Å². The predicted octanol–water partition coefficient (Wildman–Crippen LogP) is 3.19. The second kappa shape index (κ2) is 7.25. The lowest BCUT2D eigenvalue weighted by Gasteiger charge is -2.44. The summed E-state index contributed by atoms with van der Waals surface area (Å²) in [4.78, 5) is 0. The normalized spacial score (nSPS) is 27.3. The van der Waals surface area contributed by atoms with Gasteiger partial charge >= 0.3 is 0 Å². The Balaban J connectivity index is 2.20. The van der Waals surface area contributed by atoms with Gasteiger partial charge in [-0.05, 0) is 56.2 Å². The molecular weight excluding hydrogens is 264 g/mol. The summed E-state index contributed by atoms with van der Waals surface area (Å²) in [5.41, 5.74) is 3.92. The summed E-state index contributed by atoms with van der Waals surface area (Å²) in [7, 11) is 1.80. The first kappa shape index (κ1) is 16.3. The molecule has 0 saturated heterocycles. The second-order valence-corrected chi connectivity index (χ2v) is 6.05.